The Morgan fingerprint density at radius 1 is 1.04 bits per heavy atom. The number of carbonyl (C=O) groups is 1. The third kappa shape index (κ3) is 4.57. The monoisotopic (exact) mass is 313 g/mol. The van der Waals surface area contributed by atoms with Crippen molar-refractivity contribution < 1.29 is 14.3 Å². The number of hydrogen-bond acceptors (Lipinski definition) is 3. The zero-order valence-electron chi connectivity index (χ0n) is 13.9. The van der Waals surface area contributed by atoms with Gasteiger partial charge in [0, 0.05) is 25.8 Å². The summed E-state index contributed by atoms with van der Waals surface area (Å²) in [6, 6.07) is 15.4. The second kappa shape index (κ2) is 8.34. The Morgan fingerprint density at radius 2 is 1.78 bits per heavy atom. The largest absolute Gasteiger partial charge is 0.497 e. The van der Waals surface area contributed by atoms with Gasteiger partial charge in [0.25, 0.3) is 5.91 Å². The molecular formula is C19H23NO3. The van der Waals surface area contributed by atoms with E-state index in [4.69, 9.17) is 9.47 Å². The van der Waals surface area contributed by atoms with Crippen LogP contribution in [0.2, 0.25) is 0 Å². The van der Waals surface area contributed by atoms with Gasteiger partial charge in [-0.05, 0) is 42.3 Å². The maximum absolute atomic E-state index is 12.7. The van der Waals surface area contributed by atoms with Crippen LogP contribution in [0.4, 0.5) is 0 Å². The molecule has 2 aromatic carbocycles. The molecule has 2 aromatic rings. The van der Waals surface area contributed by atoms with Crippen LogP contribution in [0.15, 0.2) is 48.5 Å². The molecule has 122 valence electrons. The second-order valence-corrected chi connectivity index (χ2v) is 5.30. The molecule has 0 radical (unpaired) electrons. The van der Waals surface area contributed by atoms with Crippen molar-refractivity contribution in [3.8, 4) is 5.75 Å². The highest BCUT2D eigenvalue weighted by atomic mass is 16.5. The summed E-state index contributed by atoms with van der Waals surface area (Å²) in [5.74, 6) is 0.844. The standard InChI is InChI=1S/C19H23NO3/c1-4-20(13-15-8-10-18(23-3)11-9-15)19(21)17-7-5-6-16(12-17)14-22-2/h5-12H,4,13-14H2,1-3H3. The van der Waals surface area contributed by atoms with Crippen LogP contribution < -0.4 is 4.74 Å². The van der Waals surface area contributed by atoms with Gasteiger partial charge >= 0.3 is 0 Å². The molecule has 0 saturated carbocycles. The highest BCUT2D eigenvalue weighted by Gasteiger charge is 2.15. The minimum Gasteiger partial charge on any atom is -0.497 e. The number of methoxy groups -OCH3 is 2. The molecule has 0 spiro atoms. The predicted octanol–water partition coefficient (Wildman–Crippen LogP) is 3.50. The zero-order chi connectivity index (χ0) is 16.7. The average molecular weight is 313 g/mol. The number of amides is 1. The number of benzene rings is 2. The Morgan fingerprint density at radius 3 is 2.39 bits per heavy atom. The van der Waals surface area contributed by atoms with E-state index in [1.165, 1.54) is 0 Å². The van der Waals surface area contributed by atoms with Crippen LogP contribution in [0, 0.1) is 0 Å². The van der Waals surface area contributed by atoms with Gasteiger partial charge in [0.2, 0.25) is 0 Å². The molecule has 0 heterocycles. The van der Waals surface area contributed by atoms with Crippen LogP contribution >= 0.6 is 0 Å². The van der Waals surface area contributed by atoms with Gasteiger partial charge in [-0.15, -0.1) is 0 Å². The van der Waals surface area contributed by atoms with E-state index in [-0.39, 0.29) is 5.91 Å². The minimum absolute atomic E-state index is 0.0290. The lowest BCUT2D eigenvalue weighted by atomic mass is 10.1. The third-order valence-corrected chi connectivity index (χ3v) is 3.69. The van der Waals surface area contributed by atoms with Gasteiger partial charge in [-0.25, -0.2) is 0 Å². The van der Waals surface area contributed by atoms with Crippen LogP contribution in [0.1, 0.15) is 28.4 Å². The van der Waals surface area contributed by atoms with Crippen LogP contribution in [0.3, 0.4) is 0 Å². The Bertz CT molecular complexity index is 637. The van der Waals surface area contributed by atoms with E-state index >= 15 is 0 Å². The molecule has 0 aromatic heterocycles. The van der Waals surface area contributed by atoms with Gasteiger partial charge in [0.1, 0.15) is 5.75 Å². The summed E-state index contributed by atoms with van der Waals surface area (Å²) in [4.78, 5) is 14.5. The van der Waals surface area contributed by atoms with Crippen molar-refractivity contribution in [1.82, 2.24) is 4.90 Å². The van der Waals surface area contributed by atoms with Crippen molar-refractivity contribution >= 4 is 5.91 Å². The van der Waals surface area contributed by atoms with Crippen LogP contribution in [-0.4, -0.2) is 31.6 Å². The number of ether oxygens (including phenoxy) is 2. The molecule has 0 unspecified atom stereocenters. The summed E-state index contributed by atoms with van der Waals surface area (Å²) in [6.45, 7) is 3.72. The van der Waals surface area contributed by atoms with Gasteiger partial charge in [0.15, 0.2) is 0 Å². The van der Waals surface area contributed by atoms with E-state index in [2.05, 4.69) is 0 Å². The van der Waals surface area contributed by atoms with Crippen molar-refractivity contribution in [3.05, 3.63) is 65.2 Å². The maximum Gasteiger partial charge on any atom is 0.254 e. The summed E-state index contributed by atoms with van der Waals surface area (Å²) in [5.41, 5.74) is 2.77. The normalized spacial score (nSPS) is 10.4. The molecule has 4 nitrogen and oxygen atoms in total. The lowest BCUT2D eigenvalue weighted by molar-refractivity contribution is 0.0752. The van der Waals surface area contributed by atoms with Crippen LogP contribution in [-0.2, 0) is 17.9 Å². The van der Waals surface area contributed by atoms with Crippen molar-refractivity contribution in [2.75, 3.05) is 20.8 Å². The summed E-state index contributed by atoms with van der Waals surface area (Å²) in [7, 11) is 3.29. The lowest BCUT2D eigenvalue weighted by Gasteiger charge is -2.21. The second-order valence-electron chi connectivity index (χ2n) is 5.30. The van der Waals surface area contributed by atoms with E-state index in [1.54, 1.807) is 14.2 Å². The molecule has 0 aliphatic heterocycles. The highest BCUT2D eigenvalue weighted by Crippen LogP contribution is 2.15. The fraction of sp³-hybridized carbons (Fsp3) is 0.316. The third-order valence-electron chi connectivity index (χ3n) is 3.69. The fourth-order valence-corrected chi connectivity index (χ4v) is 2.42. The van der Waals surface area contributed by atoms with Crippen molar-refractivity contribution in [2.45, 2.75) is 20.1 Å². The summed E-state index contributed by atoms with van der Waals surface area (Å²) >= 11 is 0. The Labute approximate surface area is 137 Å². The number of rotatable bonds is 7. The molecule has 2 rings (SSSR count). The molecule has 0 saturated heterocycles. The van der Waals surface area contributed by atoms with Gasteiger partial charge < -0.3 is 14.4 Å². The topological polar surface area (TPSA) is 38.8 Å². The van der Waals surface area contributed by atoms with E-state index in [1.807, 2.05) is 60.4 Å². The number of nitrogens with zero attached hydrogens (tertiary/aromatic N) is 1. The van der Waals surface area contributed by atoms with Gasteiger partial charge in [0.05, 0.1) is 13.7 Å². The van der Waals surface area contributed by atoms with Crippen LogP contribution in [0.5, 0.6) is 5.75 Å². The molecular weight excluding hydrogens is 290 g/mol. The highest BCUT2D eigenvalue weighted by molar-refractivity contribution is 5.94. The van der Waals surface area contributed by atoms with Gasteiger partial charge in [-0.3, -0.25) is 4.79 Å². The lowest BCUT2D eigenvalue weighted by Crippen LogP contribution is -2.30. The first-order valence-electron chi connectivity index (χ1n) is 7.68. The predicted molar refractivity (Wildman–Crippen MR) is 90.6 cm³/mol. The number of carbonyl (C=O) groups excluding carboxylic acids is 1. The average Bonchev–Trinajstić information content (AvgIpc) is 2.60. The summed E-state index contributed by atoms with van der Waals surface area (Å²) in [6.07, 6.45) is 0. The maximum atomic E-state index is 12.7. The smallest absolute Gasteiger partial charge is 0.254 e. The van der Waals surface area contributed by atoms with Crippen molar-refractivity contribution in [1.29, 1.82) is 0 Å². The van der Waals surface area contributed by atoms with Crippen molar-refractivity contribution in [2.24, 2.45) is 0 Å². The quantitative estimate of drug-likeness (QED) is 0.785. The minimum atomic E-state index is 0.0290. The van der Waals surface area contributed by atoms with E-state index in [0.717, 1.165) is 16.9 Å². The van der Waals surface area contributed by atoms with E-state index < -0.39 is 0 Å². The summed E-state index contributed by atoms with van der Waals surface area (Å²) < 4.78 is 10.3. The Kier molecular flexibility index (Phi) is 6.18. The molecule has 0 aliphatic carbocycles. The van der Waals surface area contributed by atoms with Crippen molar-refractivity contribution in [3.63, 3.8) is 0 Å². The first-order valence-corrected chi connectivity index (χ1v) is 7.68. The molecule has 4 heteroatoms. The van der Waals surface area contributed by atoms with E-state index in [9.17, 15) is 4.79 Å². The summed E-state index contributed by atoms with van der Waals surface area (Å²) in [5, 5.41) is 0. The molecule has 0 N–H and O–H groups in total. The van der Waals surface area contributed by atoms with Gasteiger partial charge in [-0.1, -0.05) is 24.3 Å². The molecule has 0 fully saturated rings. The zero-order valence-corrected chi connectivity index (χ0v) is 13.9. The Hall–Kier alpha value is -2.33. The van der Waals surface area contributed by atoms with Crippen LogP contribution in [0.25, 0.3) is 0 Å². The first kappa shape index (κ1) is 17.0. The molecule has 0 aliphatic rings. The van der Waals surface area contributed by atoms with Gasteiger partial charge in [-0.2, -0.15) is 0 Å². The molecule has 0 atom stereocenters. The molecule has 1 amide bonds. The SMILES string of the molecule is CCN(Cc1ccc(OC)cc1)C(=O)c1cccc(COC)c1. The molecule has 23 heavy (non-hydrogen) atoms. The first-order chi connectivity index (χ1) is 11.2. The Balaban J connectivity index is 2.12. The fourth-order valence-electron chi connectivity index (χ4n) is 2.42. The van der Waals surface area contributed by atoms with E-state index in [0.29, 0.717) is 25.3 Å². The number of hydrogen-bond donors (Lipinski definition) is 0. The molecule has 0 bridgehead atoms.